The standard InChI is InChI=1S/C48H34N2O/c1-4-15-35(16-5-1)36-27-29-40(30-28-36)49(42-31-32-45-44-24-11-13-26-47(44)51-48(45)34-42)41-22-14-17-37(33-41)43-23-10-12-25-46(43)50(38-18-6-2-7-19-38)39-20-8-3-9-21-39/h1-34H. The van der Waals surface area contributed by atoms with Crippen LogP contribution in [-0.2, 0) is 0 Å². The van der Waals surface area contributed by atoms with Crippen LogP contribution in [0.25, 0.3) is 44.2 Å². The minimum atomic E-state index is 0.863. The summed E-state index contributed by atoms with van der Waals surface area (Å²) in [5, 5.41) is 2.23. The molecule has 3 heteroatoms. The first-order chi connectivity index (χ1) is 25.3. The van der Waals surface area contributed by atoms with Crippen LogP contribution in [0.4, 0.5) is 34.1 Å². The normalized spacial score (nSPS) is 11.1. The fraction of sp³-hybridized carbons (Fsp3) is 0. The molecule has 0 aliphatic rings. The lowest BCUT2D eigenvalue weighted by molar-refractivity contribution is 0.669. The van der Waals surface area contributed by atoms with Gasteiger partial charge in [-0.2, -0.15) is 0 Å². The molecule has 51 heavy (non-hydrogen) atoms. The van der Waals surface area contributed by atoms with Crippen molar-refractivity contribution in [3.05, 3.63) is 206 Å². The Bertz CT molecular complexity index is 2540. The van der Waals surface area contributed by atoms with E-state index in [0.29, 0.717) is 0 Å². The predicted molar refractivity (Wildman–Crippen MR) is 214 cm³/mol. The molecule has 1 heterocycles. The second-order valence-electron chi connectivity index (χ2n) is 12.6. The number of nitrogens with zero attached hydrogens (tertiary/aromatic N) is 2. The zero-order valence-corrected chi connectivity index (χ0v) is 27.9. The van der Waals surface area contributed by atoms with Gasteiger partial charge in [0.05, 0.1) is 5.69 Å². The Kier molecular flexibility index (Phi) is 7.84. The molecule has 0 aliphatic carbocycles. The summed E-state index contributed by atoms with van der Waals surface area (Å²) in [6, 6.07) is 72.7. The summed E-state index contributed by atoms with van der Waals surface area (Å²) >= 11 is 0. The number of furan rings is 1. The molecule has 0 bridgehead atoms. The number of benzene rings is 8. The van der Waals surface area contributed by atoms with Gasteiger partial charge in [-0.15, -0.1) is 0 Å². The van der Waals surface area contributed by atoms with Gasteiger partial charge in [0, 0.05) is 50.8 Å². The van der Waals surface area contributed by atoms with Crippen molar-refractivity contribution < 1.29 is 4.42 Å². The first-order valence-electron chi connectivity index (χ1n) is 17.3. The van der Waals surface area contributed by atoms with Crippen molar-refractivity contribution in [3.8, 4) is 22.3 Å². The second-order valence-corrected chi connectivity index (χ2v) is 12.6. The summed E-state index contributed by atoms with van der Waals surface area (Å²) in [6.07, 6.45) is 0. The highest BCUT2D eigenvalue weighted by Crippen LogP contribution is 2.44. The van der Waals surface area contributed by atoms with Crippen LogP contribution in [0.3, 0.4) is 0 Å². The Morgan fingerprint density at radius 1 is 0.294 bits per heavy atom. The van der Waals surface area contributed by atoms with E-state index in [1.807, 2.05) is 12.1 Å². The number of para-hydroxylation sites is 4. The number of rotatable bonds is 8. The minimum Gasteiger partial charge on any atom is -0.456 e. The molecule has 0 atom stereocenters. The highest BCUT2D eigenvalue weighted by atomic mass is 16.3. The van der Waals surface area contributed by atoms with E-state index < -0.39 is 0 Å². The zero-order valence-electron chi connectivity index (χ0n) is 27.9. The molecule has 3 nitrogen and oxygen atoms in total. The first kappa shape index (κ1) is 30.2. The molecule has 9 aromatic rings. The van der Waals surface area contributed by atoms with E-state index in [0.717, 1.165) is 67.2 Å². The number of hydrogen-bond acceptors (Lipinski definition) is 3. The third kappa shape index (κ3) is 5.81. The van der Waals surface area contributed by atoms with Crippen molar-refractivity contribution >= 4 is 56.1 Å². The largest absolute Gasteiger partial charge is 0.456 e. The Labute approximate surface area is 297 Å². The Morgan fingerprint density at radius 3 is 1.55 bits per heavy atom. The molecule has 0 N–H and O–H groups in total. The molecule has 1 aromatic heterocycles. The average molecular weight is 655 g/mol. The van der Waals surface area contributed by atoms with Crippen LogP contribution in [0, 0.1) is 0 Å². The molecule has 8 aromatic carbocycles. The maximum atomic E-state index is 6.38. The minimum absolute atomic E-state index is 0.863. The molecular formula is C48H34N2O. The lowest BCUT2D eigenvalue weighted by Crippen LogP contribution is -2.11. The van der Waals surface area contributed by atoms with Gasteiger partial charge in [-0.25, -0.2) is 0 Å². The Balaban J connectivity index is 1.19. The van der Waals surface area contributed by atoms with E-state index in [-0.39, 0.29) is 0 Å². The van der Waals surface area contributed by atoms with Crippen LogP contribution in [0.2, 0.25) is 0 Å². The van der Waals surface area contributed by atoms with Gasteiger partial charge in [0.2, 0.25) is 0 Å². The van der Waals surface area contributed by atoms with Crippen molar-refractivity contribution in [2.75, 3.05) is 9.80 Å². The van der Waals surface area contributed by atoms with E-state index in [2.05, 4.69) is 204 Å². The van der Waals surface area contributed by atoms with Gasteiger partial charge in [-0.05, 0) is 89.5 Å². The monoisotopic (exact) mass is 654 g/mol. The summed E-state index contributed by atoms with van der Waals surface area (Å²) in [7, 11) is 0. The van der Waals surface area contributed by atoms with E-state index >= 15 is 0 Å². The van der Waals surface area contributed by atoms with Gasteiger partial charge in [-0.3, -0.25) is 0 Å². The van der Waals surface area contributed by atoms with Crippen molar-refractivity contribution in [2.24, 2.45) is 0 Å². The van der Waals surface area contributed by atoms with Gasteiger partial charge in [0.15, 0.2) is 0 Å². The Morgan fingerprint density at radius 2 is 0.804 bits per heavy atom. The van der Waals surface area contributed by atoms with Crippen molar-refractivity contribution in [2.45, 2.75) is 0 Å². The summed E-state index contributed by atoms with van der Waals surface area (Å²) < 4.78 is 6.38. The molecule has 0 saturated carbocycles. The van der Waals surface area contributed by atoms with Crippen LogP contribution in [0.5, 0.6) is 0 Å². The van der Waals surface area contributed by atoms with Gasteiger partial charge >= 0.3 is 0 Å². The van der Waals surface area contributed by atoms with Crippen LogP contribution in [0.15, 0.2) is 211 Å². The average Bonchev–Trinajstić information content (AvgIpc) is 3.58. The SMILES string of the molecule is c1ccc(-c2ccc(N(c3cccc(-c4ccccc4N(c4ccccc4)c4ccccc4)c3)c3ccc4c(c3)oc3ccccc34)cc2)cc1. The Hall–Kier alpha value is -6.84. The van der Waals surface area contributed by atoms with E-state index in [1.54, 1.807) is 0 Å². The third-order valence-electron chi connectivity index (χ3n) is 9.44. The highest BCUT2D eigenvalue weighted by molar-refractivity contribution is 6.06. The lowest BCUT2D eigenvalue weighted by atomic mass is 10.00. The summed E-state index contributed by atoms with van der Waals surface area (Å²) in [4.78, 5) is 4.65. The summed E-state index contributed by atoms with van der Waals surface area (Å²) in [5.74, 6) is 0. The molecular weight excluding hydrogens is 621 g/mol. The molecule has 0 radical (unpaired) electrons. The first-order valence-corrected chi connectivity index (χ1v) is 17.3. The molecule has 0 spiro atoms. The molecule has 9 rings (SSSR count). The van der Waals surface area contributed by atoms with Gasteiger partial charge in [0.1, 0.15) is 11.2 Å². The predicted octanol–water partition coefficient (Wildman–Crippen LogP) is 13.9. The van der Waals surface area contributed by atoms with Crippen LogP contribution in [0.1, 0.15) is 0 Å². The van der Waals surface area contributed by atoms with Crippen LogP contribution < -0.4 is 9.80 Å². The molecule has 242 valence electrons. The molecule has 0 aliphatic heterocycles. The maximum Gasteiger partial charge on any atom is 0.137 e. The smallest absolute Gasteiger partial charge is 0.137 e. The number of fused-ring (bicyclic) bond motifs is 3. The van der Waals surface area contributed by atoms with Crippen LogP contribution >= 0.6 is 0 Å². The van der Waals surface area contributed by atoms with Crippen molar-refractivity contribution in [1.82, 2.24) is 0 Å². The maximum absolute atomic E-state index is 6.38. The molecule has 0 fully saturated rings. The summed E-state index contributed by atoms with van der Waals surface area (Å²) in [5.41, 5.74) is 12.8. The van der Waals surface area contributed by atoms with Crippen molar-refractivity contribution in [3.63, 3.8) is 0 Å². The van der Waals surface area contributed by atoms with E-state index in [9.17, 15) is 0 Å². The lowest BCUT2D eigenvalue weighted by Gasteiger charge is -2.29. The number of anilines is 6. The molecule has 0 saturated heterocycles. The highest BCUT2D eigenvalue weighted by Gasteiger charge is 2.19. The van der Waals surface area contributed by atoms with Crippen molar-refractivity contribution in [1.29, 1.82) is 0 Å². The topological polar surface area (TPSA) is 19.6 Å². The van der Waals surface area contributed by atoms with Gasteiger partial charge in [-0.1, -0.05) is 127 Å². The fourth-order valence-corrected chi connectivity index (χ4v) is 7.04. The zero-order chi connectivity index (χ0) is 34.0. The number of hydrogen-bond donors (Lipinski definition) is 0. The van der Waals surface area contributed by atoms with Gasteiger partial charge in [0.25, 0.3) is 0 Å². The van der Waals surface area contributed by atoms with Crippen LogP contribution in [-0.4, -0.2) is 0 Å². The second kappa shape index (κ2) is 13.2. The molecule has 0 unspecified atom stereocenters. The molecule has 0 amide bonds. The van der Waals surface area contributed by atoms with E-state index in [1.165, 1.54) is 11.1 Å². The quantitative estimate of drug-likeness (QED) is 0.163. The third-order valence-corrected chi connectivity index (χ3v) is 9.44. The van der Waals surface area contributed by atoms with Gasteiger partial charge < -0.3 is 14.2 Å². The van der Waals surface area contributed by atoms with E-state index in [4.69, 9.17) is 4.42 Å². The fourth-order valence-electron chi connectivity index (χ4n) is 7.04. The summed E-state index contributed by atoms with van der Waals surface area (Å²) in [6.45, 7) is 0.